The highest BCUT2D eigenvalue weighted by Crippen LogP contribution is 2.48. The van der Waals surface area contributed by atoms with E-state index in [-0.39, 0.29) is 30.6 Å². The molecule has 2 aliphatic rings. The van der Waals surface area contributed by atoms with E-state index in [2.05, 4.69) is 21.9 Å². The molecule has 0 saturated carbocycles. The lowest BCUT2D eigenvalue weighted by molar-refractivity contribution is -0.140. The van der Waals surface area contributed by atoms with Gasteiger partial charge in [0, 0.05) is 5.92 Å². The molecule has 2 amide bonds. The molecule has 17 heavy (non-hydrogen) atoms. The lowest BCUT2D eigenvalue weighted by Crippen LogP contribution is -2.53. The first-order chi connectivity index (χ1) is 8.05. The van der Waals surface area contributed by atoms with Crippen LogP contribution in [0.15, 0.2) is 12.2 Å². The smallest absolute Gasteiger partial charge is 0.250 e. The molecule has 4 unspecified atom stereocenters. The second-order valence-corrected chi connectivity index (χ2v) is 5.52. The van der Waals surface area contributed by atoms with Crippen LogP contribution in [0.5, 0.6) is 0 Å². The quantitative estimate of drug-likeness (QED) is 0.334. The van der Waals surface area contributed by atoms with Gasteiger partial charge in [-0.2, -0.15) is 0 Å². The van der Waals surface area contributed by atoms with Gasteiger partial charge in [-0.25, -0.2) is 0 Å². The second kappa shape index (κ2) is 4.28. The van der Waals surface area contributed by atoms with Crippen molar-refractivity contribution in [3.8, 4) is 12.3 Å². The number of fused-ring (bicyclic) bond motifs is 2. The summed E-state index contributed by atoms with van der Waals surface area (Å²) < 4.78 is 4.74. The van der Waals surface area contributed by atoms with Crippen molar-refractivity contribution >= 4 is 28.2 Å². The molecule has 2 heterocycles. The van der Waals surface area contributed by atoms with Crippen molar-refractivity contribution in [2.45, 2.75) is 23.5 Å². The fourth-order valence-corrected chi connectivity index (χ4v) is 3.03. The number of carbonyl (C=O) groups excluding carboxylic acids is 2. The van der Waals surface area contributed by atoms with Crippen LogP contribution >= 0.6 is 15.9 Å². The van der Waals surface area contributed by atoms with Crippen molar-refractivity contribution in [1.29, 1.82) is 0 Å². The number of amides is 2. The number of terminal acetylenes is 1. The number of alkyl halides is 1. The van der Waals surface area contributed by atoms with Gasteiger partial charge in [-0.1, -0.05) is 40.9 Å². The van der Waals surface area contributed by atoms with Crippen molar-refractivity contribution in [2.75, 3.05) is 6.54 Å². The van der Waals surface area contributed by atoms with Crippen LogP contribution in [0.25, 0.3) is 0 Å². The molecular weight excluding hydrogens is 286 g/mol. The lowest BCUT2D eigenvalue weighted by Gasteiger charge is -2.33. The highest BCUT2D eigenvalue weighted by atomic mass is 79.9. The largest absolute Gasteiger partial charge is 0.364 e. The van der Waals surface area contributed by atoms with E-state index < -0.39 is 4.32 Å². The Kier molecular flexibility index (Phi) is 3.11. The van der Waals surface area contributed by atoms with Crippen LogP contribution in [0.2, 0.25) is 0 Å². The van der Waals surface area contributed by atoms with Gasteiger partial charge in [-0.3, -0.25) is 14.5 Å². The van der Waals surface area contributed by atoms with Gasteiger partial charge in [0.05, 0.1) is 12.6 Å². The van der Waals surface area contributed by atoms with E-state index >= 15 is 0 Å². The summed E-state index contributed by atoms with van der Waals surface area (Å²) in [5.74, 6) is 1.92. The summed E-state index contributed by atoms with van der Waals surface area (Å²) >= 11 is 3.45. The molecule has 0 N–H and O–H groups in total. The first-order valence-corrected chi connectivity index (χ1v) is 6.07. The average molecular weight is 298 g/mol. The monoisotopic (exact) mass is 297 g/mol. The van der Waals surface area contributed by atoms with Crippen molar-refractivity contribution in [3.05, 3.63) is 12.2 Å². The molecule has 1 fully saturated rings. The minimum Gasteiger partial charge on any atom is -0.364 e. The molecule has 0 radical (unpaired) electrons. The highest BCUT2D eigenvalue weighted by molar-refractivity contribution is 9.10. The zero-order valence-electron chi connectivity index (χ0n) is 9.30. The van der Waals surface area contributed by atoms with E-state index in [1.54, 1.807) is 0 Å². The van der Waals surface area contributed by atoms with Gasteiger partial charge in [0.2, 0.25) is 12.3 Å². The minimum absolute atomic E-state index is 0.0243. The molecule has 1 saturated heterocycles. The Morgan fingerprint density at radius 2 is 2.41 bits per heavy atom. The summed E-state index contributed by atoms with van der Waals surface area (Å²) in [7, 11) is 0. The zero-order valence-corrected chi connectivity index (χ0v) is 10.9. The Bertz CT molecular complexity index is 428. The van der Waals surface area contributed by atoms with E-state index in [4.69, 9.17) is 11.2 Å². The summed E-state index contributed by atoms with van der Waals surface area (Å²) in [5.41, 5.74) is 0. The Morgan fingerprint density at radius 1 is 1.71 bits per heavy atom. The number of hydrogen-bond acceptors (Lipinski definition) is 3. The van der Waals surface area contributed by atoms with Crippen molar-refractivity contribution < 1.29 is 14.3 Å². The maximum absolute atomic E-state index is 12.3. The fourth-order valence-electron chi connectivity index (χ4n) is 2.28. The number of rotatable bonds is 3. The summed E-state index contributed by atoms with van der Waals surface area (Å²) in [5, 5.41) is 0. The van der Waals surface area contributed by atoms with Crippen LogP contribution < -0.4 is 0 Å². The SMILES string of the molecule is C#CCN(C=O)C(=O)C1(Br)C2C=CC(O2)C1C. The van der Waals surface area contributed by atoms with E-state index in [0.717, 1.165) is 4.90 Å². The molecule has 0 aromatic heterocycles. The molecular formula is C12H12BrNO3. The summed E-state index contributed by atoms with van der Waals surface area (Å²) in [6.07, 6.45) is 8.96. The molecule has 0 aliphatic carbocycles. The second-order valence-electron chi connectivity index (χ2n) is 4.21. The number of hydrogen-bond donors (Lipinski definition) is 0. The Labute approximate surface area is 108 Å². The van der Waals surface area contributed by atoms with Crippen molar-refractivity contribution in [1.82, 2.24) is 4.90 Å². The molecule has 2 aliphatic heterocycles. The topological polar surface area (TPSA) is 46.6 Å². The van der Waals surface area contributed by atoms with E-state index in [0.29, 0.717) is 6.41 Å². The van der Waals surface area contributed by atoms with Gasteiger partial charge in [0.25, 0.3) is 0 Å². The summed E-state index contributed by atoms with van der Waals surface area (Å²) in [6, 6.07) is 0. The lowest BCUT2D eigenvalue weighted by atomic mass is 9.83. The molecule has 4 nitrogen and oxygen atoms in total. The highest BCUT2D eigenvalue weighted by Gasteiger charge is 2.59. The van der Waals surface area contributed by atoms with Crippen LogP contribution in [-0.2, 0) is 14.3 Å². The van der Waals surface area contributed by atoms with Crippen molar-refractivity contribution in [3.63, 3.8) is 0 Å². The maximum atomic E-state index is 12.3. The normalized spacial score (nSPS) is 37.8. The van der Waals surface area contributed by atoms with Crippen LogP contribution in [0, 0.1) is 18.3 Å². The first-order valence-electron chi connectivity index (χ1n) is 5.28. The van der Waals surface area contributed by atoms with Gasteiger partial charge in [-0.05, 0) is 0 Å². The van der Waals surface area contributed by atoms with Gasteiger partial charge in [-0.15, -0.1) is 6.42 Å². The molecule has 0 spiro atoms. The van der Waals surface area contributed by atoms with Gasteiger partial charge >= 0.3 is 0 Å². The van der Waals surface area contributed by atoms with Crippen LogP contribution in [0.4, 0.5) is 0 Å². The van der Waals surface area contributed by atoms with Crippen molar-refractivity contribution in [2.24, 2.45) is 5.92 Å². The number of carbonyl (C=O) groups is 2. The van der Waals surface area contributed by atoms with Gasteiger partial charge < -0.3 is 4.74 Å². The summed E-state index contributed by atoms with van der Waals surface area (Å²) in [6.45, 7) is 1.89. The molecule has 4 atom stereocenters. The third-order valence-electron chi connectivity index (χ3n) is 3.33. The predicted molar refractivity (Wildman–Crippen MR) is 65.2 cm³/mol. The van der Waals surface area contributed by atoms with Gasteiger partial charge in [0.15, 0.2) is 0 Å². The zero-order chi connectivity index (χ0) is 12.6. The van der Waals surface area contributed by atoms with E-state index in [1.165, 1.54) is 0 Å². The predicted octanol–water partition coefficient (Wildman–Crippen LogP) is 0.712. The van der Waals surface area contributed by atoms with Gasteiger partial charge in [0.1, 0.15) is 10.4 Å². The molecule has 2 rings (SSSR count). The first kappa shape index (κ1) is 12.3. The Balaban J connectivity index is 2.27. The minimum atomic E-state index is -0.885. The number of ether oxygens (including phenoxy) is 1. The van der Waals surface area contributed by atoms with Crippen LogP contribution in [0.1, 0.15) is 6.92 Å². The number of halogens is 1. The van der Waals surface area contributed by atoms with E-state index in [1.807, 2.05) is 19.1 Å². The Hall–Kier alpha value is -1.12. The fraction of sp³-hybridized carbons (Fsp3) is 0.500. The Morgan fingerprint density at radius 3 is 2.88 bits per heavy atom. The third-order valence-corrected chi connectivity index (χ3v) is 4.84. The van der Waals surface area contributed by atoms with E-state index in [9.17, 15) is 9.59 Å². The van der Waals surface area contributed by atoms with Crippen LogP contribution in [-0.4, -0.2) is 40.3 Å². The average Bonchev–Trinajstić information content (AvgIpc) is 2.89. The maximum Gasteiger partial charge on any atom is 0.250 e. The molecule has 90 valence electrons. The molecule has 5 heteroatoms. The molecule has 2 bridgehead atoms. The number of nitrogens with zero attached hydrogens (tertiary/aromatic N) is 1. The van der Waals surface area contributed by atoms with Crippen LogP contribution in [0.3, 0.4) is 0 Å². The standard InChI is InChI=1S/C12H12BrNO3/c1-3-6-14(7-15)11(16)12(13)8(2)9-4-5-10(12)17-9/h1,4-5,7-10H,6H2,2H3. The third kappa shape index (κ3) is 1.63. The molecule has 0 aromatic carbocycles. The number of imide groups is 1. The summed E-state index contributed by atoms with van der Waals surface area (Å²) in [4.78, 5) is 24.2. The molecule has 0 aromatic rings.